The number of carboxylic acid groups (broad SMARTS) is 1. The van der Waals surface area contributed by atoms with Crippen molar-refractivity contribution in [1.29, 1.82) is 0 Å². The second-order valence-corrected chi connectivity index (χ2v) is 3.45. The minimum absolute atomic E-state index is 0.0978. The van der Waals surface area contributed by atoms with Crippen LogP contribution in [0.5, 0.6) is 0 Å². The Bertz CT molecular complexity index is 348. The summed E-state index contributed by atoms with van der Waals surface area (Å²) in [5, 5.41) is 8.84. The van der Waals surface area contributed by atoms with Crippen molar-refractivity contribution in [3.63, 3.8) is 0 Å². The van der Waals surface area contributed by atoms with Gasteiger partial charge >= 0.3 is 5.97 Å². The number of carboxylic acids is 1. The molecule has 0 spiro atoms. The van der Waals surface area contributed by atoms with Gasteiger partial charge in [-0.25, -0.2) is 8.78 Å². The number of rotatable bonds is 4. The van der Waals surface area contributed by atoms with Crippen molar-refractivity contribution in [2.24, 2.45) is 0 Å². The molecule has 0 aliphatic heterocycles. The molecule has 1 aromatic rings. The number of benzene rings is 1. The Kier molecular flexibility index (Phi) is 4.03. The van der Waals surface area contributed by atoms with E-state index in [9.17, 15) is 13.6 Å². The first-order chi connectivity index (χ1) is 7.04. The number of halogens is 3. The molecule has 82 valence electrons. The van der Waals surface area contributed by atoms with Crippen LogP contribution in [0.1, 0.15) is 17.9 Å². The van der Waals surface area contributed by atoms with Crippen molar-refractivity contribution >= 4 is 17.6 Å². The maximum Gasteiger partial charge on any atom is 0.311 e. The fourth-order valence-electron chi connectivity index (χ4n) is 1.32. The fraction of sp³-hybridized carbons (Fsp3) is 0.300. The molecule has 0 aromatic heterocycles. The molecule has 1 rings (SSSR count). The monoisotopic (exact) mass is 234 g/mol. The Morgan fingerprint density at radius 1 is 1.33 bits per heavy atom. The summed E-state index contributed by atoms with van der Waals surface area (Å²) in [5.41, 5.74) is 0.0978. The van der Waals surface area contributed by atoms with Gasteiger partial charge in [0.25, 0.3) is 0 Å². The second kappa shape index (κ2) is 5.07. The predicted molar refractivity (Wildman–Crippen MR) is 52.1 cm³/mol. The molecule has 0 saturated heterocycles. The molecule has 0 saturated carbocycles. The van der Waals surface area contributed by atoms with Crippen LogP contribution < -0.4 is 0 Å². The van der Waals surface area contributed by atoms with Crippen molar-refractivity contribution < 1.29 is 18.7 Å². The lowest BCUT2D eigenvalue weighted by Gasteiger charge is -2.11. The van der Waals surface area contributed by atoms with Gasteiger partial charge in [-0.05, 0) is 24.1 Å². The molecule has 5 heteroatoms. The van der Waals surface area contributed by atoms with Crippen LogP contribution >= 0.6 is 11.6 Å². The van der Waals surface area contributed by atoms with Crippen LogP contribution in [0.15, 0.2) is 18.2 Å². The van der Waals surface area contributed by atoms with Gasteiger partial charge in [0.2, 0.25) is 0 Å². The van der Waals surface area contributed by atoms with E-state index in [1.807, 2.05) is 0 Å². The molecular formula is C10H9ClF2O2. The minimum Gasteiger partial charge on any atom is -0.481 e. The van der Waals surface area contributed by atoms with Gasteiger partial charge in [0, 0.05) is 11.9 Å². The lowest BCUT2D eigenvalue weighted by molar-refractivity contribution is -0.138. The van der Waals surface area contributed by atoms with E-state index in [0.717, 1.165) is 12.1 Å². The van der Waals surface area contributed by atoms with E-state index in [2.05, 4.69) is 0 Å². The average Bonchev–Trinajstić information content (AvgIpc) is 2.11. The van der Waals surface area contributed by atoms with Crippen LogP contribution in [0.25, 0.3) is 0 Å². The number of hydrogen-bond acceptors (Lipinski definition) is 1. The molecule has 1 N–H and O–H groups in total. The van der Waals surface area contributed by atoms with E-state index < -0.39 is 23.5 Å². The zero-order valence-electron chi connectivity index (χ0n) is 7.71. The molecule has 0 aliphatic rings. The molecule has 0 heterocycles. The van der Waals surface area contributed by atoms with E-state index in [0.29, 0.717) is 6.07 Å². The maximum absolute atomic E-state index is 12.8. The van der Waals surface area contributed by atoms with Gasteiger partial charge in [0.15, 0.2) is 0 Å². The fourth-order valence-corrected chi connectivity index (χ4v) is 1.54. The largest absolute Gasteiger partial charge is 0.481 e. The molecule has 0 aliphatic carbocycles. The van der Waals surface area contributed by atoms with Crippen LogP contribution in [-0.2, 0) is 4.79 Å². The quantitative estimate of drug-likeness (QED) is 0.814. The molecule has 0 fully saturated rings. The highest BCUT2D eigenvalue weighted by atomic mass is 35.5. The van der Waals surface area contributed by atoms with E-state index in [1.54, 1.807) is 0 Å². The van der Waals surface area contributed by atoms with Crippen molar-refractivity contribution in [1.82, 2.24) is 0 Å². The third-order valence-corrected chi connectivity index (χ3v) is 2.20. The van der Waals surface area contributed by atoms with Crippen LogP contribution in [0.3, 0.4) is 0 Å². The first-order valence-corrected chi connectivity index (χ1v) is 4.83. The van der Waals surface area contributed by atoms with Crippen LogP contribution in [0.4, 0.5) is 8.78 Å². The summed E-state index contributed by atoms with van der Waals surface area (Å²) in [4.78, 5) is 10.8. The van der Waals surface area contributed by atoms with Gasteiger partial charge in [-0.1, -0.05) is 0 Å². The zero-order chi connectivity index (χ0) is 11.4. The van der Waals surface area contributed by atoms with Gasteiger partial charge in [0.1, 0.15) is 11.6 Å². The van der Waals surface area contributed by atoms with Crippen molar-refractivity contribution in [2.75, 3.05) is 5.88 Å². The average molecular weight is 235 g/mol. The normalized spacial score (nSPS) is 12.5. The highest BCUT2D eigenvalue weighted by Gasteiger charge is 2.20. The molecule has 15 heavy (non-hydrogen) atoms. The SMILES string of the molecule is O=C(O)C(CCCl)c1cc(F)cc(F)c1. The molecule has 1 aromatic carbocycles. The molecule has 0 amide bonds. The van der Waals surface area contributed by atoms with Crippen molar-refractivity contribution in [2.45, 2.75) is 12.3 Å². The Hall–Kier alpha value is -1.16. The first kappa shape index (κ1) is 11.9. The third kappa shape index (κ3) is 3.16. The summed E-state index contributed by atoms with van der Waals surface area (Å²) in [6, 6.07) is 2.71. The molecule has 0 radical (unpaired) electrons. The molecule has 1 atom stereocenters. The summed E-state index contributed by atoms with van der Waals surface area (Å²) in [6.45, 7) is 0. The van der Waals surface area contributed by atoms with Gasteiger partial charge < -0.3 is 5.11 Å². The zero-order valence-corrected chi connectivity index (χ0v) is 8.47. The Morgan fingerprint density at radius 3 is 2.27 bits per heavy atom. The van der Waals surface area contributed by atoms with Crippen molar-refractivity contribution in [3.8, 4) is 0 Å². The highest BCUT2D eigenvalue weighted by Crippen LogP contribution is 2.22. The molecular weight excluding hydrogens is 226 g/mol. The van der Waals surface area contributed by atoms with Gasteiger partial charge in [0.05, 0.1) is 5.92 Å². The number of carbonyl (C=O) groups is 1. The van der Waals surface area contributed by atoms with E-state index in [4.69, 9.17) is 16.7 Å². The first-order valence-electron chi connectivity index (χ1n) is 4.29. The summed E-state index contributed by atoms with van der Waals surface area (Å²) >= 11 is 5.42. The summed E-state index contributed by atoms with van der Waals surface area (Å²) in [6.07, 6.45) is 0.139. The molecule has 0 bridgehead atoms. The number of aliphatic carboxylic acids is 1. The topological polar surface area (TPSA) is 37.3 Å². The van der Waals surface area contributed by atoms with Crippen LogP contribution in [-0.4, -0.2) is 17.0 Å². The summed E-state index contributed by atoms with van der Waals surface area (Å²) in [5.74, 6) is -3.56. The maximum atomic E-state index is 12.8. The van der Waals surface area contributed by atoms with Crippen LogP contribution in [0.2, 0.25) is 0 Å². The number of hydrogen-bond donors (Lipinski definition) is 1. The molecule has 2 nitrogen and oxygen atoms in total. The van der Waals surface area contributed by atoms with E-state index >= 15 is 0 Å². The van der Waals surface area contributed by atoms with Gasteiger partial charge in [-0.2, -0.15) is 0 Å². The Balaban J connectivity index is 3.05. The summed E-state index contributed by atoms with van der Waals surface area (Å²) < 4.78 is 25.7. The van der Waals surface area contributed by atoms with E-state index in [1.165, 1.54) is 0 Å². The lowest BCUT2D eigenvalue weighted by atomic mass is 9.96. The minimum atomic E-state index is -1.14. The Morgan fingerprint density at radius 2 is 1.87 bits per heavy atom. The standard InChI is InChI=1S/C10H9ClF2O2/c11-2-1-9(10(14)15)6-3-7(12)5-8(13)4-6/h3-5,9H,1-2H2,(H,14,15). The molecule has 1 unspecified atom stereocenters. The number of alkyl halides is 1. The highest BCUT2D eigenvalue weighted by molar-refractivity contribution is 6.18. The third-order valence-electron chi connectivity index (χ3n) is 1.98. The second-order valence-electron chi connectivity index (χ2n) is 3.07. The van der Waals surface area contributed by atoms with E-state index in [-0.39, 0.29) is 17.9 Å². The predicted octanol–water partition coefficient (Wildman–Crippen LogP) is 2.76. The van der Waals surface area contributed by atoms with Gasteiger partial charge in [-0.3, -0.25) is 4.79 Å². The lowest BCUT2D eigenvalue weighted by Crippen LogP contribution is -2.12. The smallest absolute Gasteiger partial charge is 0.311 e. The van der Waals surface area contributed by atoms with Crippen LogP contribution in [0, 0.1) is 11.6 Å². The Labute approximate surface area is 90.5 Å². The van der Waals surface area contributed by atoms with Crippen molar-refractivity contribution in [3.05, 3.63) is 35.4 Å². The summed E-state index contributed by atoms with van der Waals surface area (Å²) in [7, 11) is 0. The van der Waals surface area contributed by atoms with Gasteiger partial charge in [-0.15, -0.1) is 11.6 Å².